The van der Waals surface area contributed by atoms with Gasteiger partial charge in [-0.15, -0.1) is 0 Å². The minimum Gasteiger partial charge on any atom is -0.468 e. The second-order valence-corrected chi connectivity index (χ2v) is 4.08. The van der Waals surface area contributed by atoms with Gasteiger partial charge >= 0.3 is 11.9 Å². The van der Waals surface area contributed by atoms with E-state index in [1.165, 1.54) is 14.2 Å². The van der Waals surface area contributed by atoms with Crippen LogP contribution in [0, 0.1) is 5.41 Å². The van der Waals surface area contributed by atoms with Crippen LogP contribution in [-0.2, 0) is 19.1 Å². The largest absolute Gasteiger partial charge is 0.468 e. The van der Waals surface area contributed by atoms with Crippen molar-refractivity contribution >= 4 is 11.9 Å². The molecule has 1 aliphatic rings. The van der Waals surface area contributed by atoms with Gasteiger partial charge in [0, 0.05) is 0 Å². The molecule has 0 saturated carbocycles. The van der Waals surface area contributed by atoms with E-state index in [0.29, 0.717) is 0 Å². The van der Waals surface area contributed by atoms with Gasteiger partial charge in [0.1, 0.15) is 0 Å². The highest BCUT2D eigenvalue weighted by Gasteiger charge is 2.46. The van der Waals surface area contributed by atoms with Crippen molar-refractivity contribution < 1.29 is 19.1 Å². The first-order valence-corrected chi connectivity index (χ1v) is 5.43. The number of rotatable bonds is 3. The molecule has 0 heterocycles. The molecular weight excluding hydrogens is 208 g/mol. The van der Waals surface area contributed by atoms with Crippen LogP contribution in [0.25, 0.3) is 0 Å². The van der Waals surface area contributed by atoms with Gasteiger partial charge in [0.25, 0.3) is 0 Å². The lowest BCUT2D eigenvalue weighted by Gasteiger charge is -2.28. The quantitative estimate of drug-likeness (QED) is 0.418. The summed E-state index contributed by atoms with van der Waals surface area (Å²) in [4.78, 5) is 23.5. The topological polar surface area (TPSA) is 52.6 Å². The van der Waals surface area contributed by atoms with E-state index in [2.05, 4.69) is 0 Å². The van der Waals surface area contributed by atoms with Gasteiger partial charge in [-0.05, 0) is 38.2 Å². The van der Waals surface area contributed by atoms with Crippen molar-refractivity contribution in [2.24, 2.45) is 5.41 Å². The third-order valence-electron chi connectivity index (χ3n) is 3.12. The van der Waals surface area contributed by atoms with Crippen LogP contribution >= 0.6 is 0 Å². The van der Waals surface area contributed by atoms with Crippen molar-refractivity contribution in [2.75, 3.05) is 14.2 Å². The lowest BCUT2D eigenvalue weighted by atomic mass is 9.77. The standard InChI is InChI=1S/C12H18O4/c1-12(10(13)15-2,11(14)16-3)9-7-5-4-6-8-9/h7H,4-6,8H2,1-3H3. The Morgan fingerprint density at radius 2 is 1.75 bits per heavy atom. The van der Waals surface area contributed by atoms with E-state index in [9.17, 15) is 9.59 Å². The molecule has 90 valence electrons. The molecule has 0 unspecified atom stereocenters. The van der Waals surface area contributed by atoms with Gasteiger partial charge in [-0.25, -0.2) is 0 Å². The molecule has 0 saturated heterocycles. The predicted molar refractivity (Wildman–Crippen MR) is 58.7 cm³/mol. The molecule has 1 rings (SSSR count). The summed E-state index contributed by atoms with van der Waals surface area (Å²) in [6, 6.07) is 0. The molecule has 1 aliphatic carbocycles. The molecule has 4 heteroatoms. The first kappa shape index (κ1) is 12.7. The molecule has 0 aliphatic heterocycles. The highest BCUT2D eigenvalue weighted by molar-refractivity contribution is 6.03. The molecule has 0 fully saturated rings. The number of hydrogen-bond donors (Lipinski definition) is 0. The predicted octanol–water partition coefficient (Wildman–Crippen LogP) is 1.84. The number of methoxy groups -OCH3 is 2. The van der Waals surface area contributed by atoms with E-state index in [1.54, 1.807) is 6.92 Å². The summed E-state index contributed by atoms with van der Waals surface area (Å²) in [6.45, 7) is 1.57. The summed E-state index contributed by atoms with van der Waals surface area (Å²) >= 11 is 0. The van der Waals surface area contributed by atoms with Crippen LogP contribution in [0.1, 0.15) is 32.6 Å². The Bertz CT molecular complexity index is 301. The molecule has 0 aromatic rings. The molecule has 0 aromatic carbocycles. The normalized spacial score (nSPS) is 16.3. The van der Waals surface area contributed by atoms with Gasteiger partial charge in [-0.2, -0.15) is 0 Å². The third kappa shape index (κ3) is 2.10. The van der Waals surface area contributed by atoms with E-state index in [-0.39, 0.29) is 0 Å². The second kappa shape index (κ2) is 5.14. The smallest absolute Gasteiger partial charge is 0.327 e. The fraction of sp³-hybridized carbons (Fsp3) is 0.667. The van der Waals surface area contributed by atoms with Gasteiger partial charge in [0.2, 0.25) is 0 Å². The average molecular weight is 226 g/mol. The SMILES string of the molecule is COC(=O)C(C)(C(=O)OC)C1=CCCCC1. The monoisotopic (exact) mass is 226 g/mol. The summed E-state index contributed by atoms with van der Waals surface area (Å²) in [7, 11) is 2.57. The molecule has 0 N–H and O–H groups in total. The van der Waals surface area contributed by atoms with Gasteiger partial charge in [0.15, 0.2) is 5.41 Å². The summed E-state index contributed by atoms with van der Waals surface area (Å²) < 4.78 is 9.42. The lowest BCUT2D eigenvalue weighted by molar-refractivity contribution is -0.164. The van der Waals surface area contributed by atoms with Crippen LogP contribution < -0.4 is 0 Å². The third-order valence-corrected chi connectivity index (χ3v) is 3.12. The molecule has 0 bridgehead atoms. The van der Waals surface area contributed by atoms with Crippen molar-refractivity contribution in [3.63, 3.8) is 0 Å². The first-order chi connectivity index (χ1) is 7.57. The van der Waals surface area contributed by atoms with E-state index < -0.39 is 17.4 Å². The Balaban J connectivity index is 3.07. The highest BCUT2D eigenvalue weighted by atomic mass is 16.5. The molecular formula is C12H18O4. The summed E-state index contributed by atoms with van der Waals surface area (Å²) in [5.41, 5.74) is -0.457. The fourth-order valence-corrected chi connectivity index (χ4v) is 2.05. The number of carbonyl (C=O) groups excluding carboxylic acids is 2. The molecule has 0 amide bonds. The van der Waals surface area contributed by atoms with Gasteiger partial charge in [-0.1, -0.05) is 6.08 Å². The fourth-order valence-electron chi connectivity index (χ4n) is 2.05. The van der Waals surface area contributed by atoms with Crippen molar-refractivity contribution in [3.05, 3.63) is 11.6 Å². The molecule has 16 heavy (non-hydrogen) atoms. The zero-order chi connectivity index (χ0) is 12.2. The second-order valence-electron chi connectivity index (χ2n) is 4.08. The van der Waals surface area contributed by atoms with E-state index in [1.807, 2.05) is 6.08 Å². The molecule has 4 nitrogen and oxygen atoms in total. The summed E-state index contributed by atoms with van der Waals surface area (Å²) in [6.07, 6.45) is 5.70. The Hall–Kier alpha value is -1.32. The van der Waals surface area contributed by atoms with Crippen LogP contribution in [-0.4, -0.2) is 26.2 Å². The summed E-state index contributed by atoms with van der Waals surface area (Å²) in [5.74, 6) is -1.10. The zero-order valence-corrected chi connectivity index (χ0v) is 10.0. The Morgan fingerprint density at radius 3 is 2.12 bits per heavy atom. The Labute approximate surface area is 95.6 Å². The van der Waals surface area contributed by atoms with Gasteiger partial charge in [-0.3, -0.25) is 9.59 Å². The van der Waals surface area contributed by atoms with Crippen LogP contribution in [0.5, 0.6) is 0 Å². The number of ether oxygens (including phenoxy) is 2. The van der Waals surface area contributed by atoms with E-state index in [0.717, 1.165) is 31.3 Å². The number of allylic oxidation sites excluding steroid dienone is 1. The molecule has 0 radical (unpaired) electrons. The number of carbonyl (C=O) groups is 2. The van der Waals surface area contributed by atoms with E-state index >= 15 is 0 Å². The first-order valence-electron chi connectivity index (χ1n) is 5.43. The lowest BCUT2D eigenvalue weighted by Crippen LogP contribution is -2.40. The van der Waals surface area contributed by atoms with Crippen LogP contribution in [0.2, 0.25) is 0 Å². The van der Waals surface area contributed by atoms with Crippen LogP contribution in [0.4, 0.5) is 0 Å². The van der Waals surface area contributed by atoms with Gasteiger partial charge in [0.05, 0.1) is 14.2 Å². The molecule has 0 aromatic heterocycles. The van der Waals surface area contributed by atoms with E-state index in [4.69, 9.17) is 9.47 Å². The minimum absolute atomic E-state index is 0.549. The number of hydrogen-bond acceptors (Lipinski definition) is 4. The Kier molecular flexibility index (Phi) is 4.10. The maximum absolute atomic E-state index is 11.8. The summed E-state index contributed by atoms with van der Waals surface area (Å²) in [5, 5.41) is 0. The number of esters is 2. The molecule has 0 atom stereocenters. The average Bonchev–Trinajstić information content (AvgIpc) is 2.36. The van der Waals surface area contributed by atoms with Crippen LogP contribution in [0.15, 0.2) is 11.6 Å². The Morgan fingerprint density at radius 1 is 1.19 bits per heavy atom. The maximum Gasteiger partial charge on any atom is 0.327 e. The minimum atomic E-state index is -1.27. The zero-order valence-electron chi connectivity index (χ0n) is 10.0. The maximum atomic E-state index is 11.8. The van der Waals surface area contributed by atoms with Crippen molar-refractivity contribution in [3.8, 4) is 0 Å². The van der Waals surface area contributed by atoms with Crippen molar-refractivity contribution in [1.29, 1.82) is 0 Å². The highest BCUT2D eigenvalue weighted by Crippen LogP contribution is 2.36. The molecule has 0 spiro atoms. The van der Waals surface area contributed by atoms with Crippen molar-refractivity contribution in [1.82, 2.24) is 0 Å². The van der Waals surface area contributed by atoms with Crippen LogP contribution in [0.3, 0.4) is 0 Å². The van der Waals surface area contributed by atoms with Crippen molar-refractivity contribution in [2.45, 2.75) is 32.6 Å². The van der Waals surface area contributed by atoms with Gasteiger partial charge < -0.3 is 9.47 Å².